The monoisotopic (exact) mass is 316 g/mol. The van der Waals surface area contributed by atoms with Gasteiger partial charge < -0.3 is 9.84 Å². The number of aliphatic hydroxyl groups excluding tert-OH is 1. The molecule has 0 saturated heterocycles. The Kier molecular flexibility index (Phi) is 4.04. The topological polar surface area (TPSA) is 46.5 Å². The average molecular weight is 316 g/mol. The summed E-state index contributed by atoms with van der Waals surface area (Å²) in [6.07, 6.45) is 10.3. The fourth-order valence-electron chi connectivity index (χ4n) is 5.32. The summed E-state index contributed by atoms with van der Waals surface area (Å²) in [7, 11) is 0. The molecule has 0 amide bonds. The fraction of sp³-hybridized carbons (Fsp3) is 0.650. The molecular weight excluding hydrogens is 288 g/mol. The maximum absolute atomic E-state index is 11.2. The molecule has 3 nitrogen and oxygen atoms in total. The molecule has 1 aliphatic heterocycles. The Morgan fingerprint density at radius 3 is 2.74 bits per heavy atom. The molecule has 23 heavy (non-hydrogen) atoms. The number of ether oxygens (including phenoxy) is 1. The van der Waals surface area contributed by atoms with Gasteiger partial charge in [-0.25, -0.2) is 4.79 Å². The smallest absolute Gasteiger partial charge is 0.333 e. The third-order valence-corrected chi connectivity index (χ3v) is 6.46. The van der Waals surface area contributed by atoms with Crippen LogP contribution in [0.2, 0.25) is 0 Å². The van der Waals surface area contributed by atoms with E-state index in [1.165, 1.54) is 37.3 Å². The molecule has 0 bridgehead atoms. The molecule has 0 aromatic rings. The van der Waals surface area contributed by atoms with Gasteiger partial charge in [0.2, 0.25) is 6.29 Å². The molecule has 3 heteroatoms. The fourth-order valence-corrected chi connectivity index (χ4v) is 5.32. The average Bonchev–Trinajstić information content (AvgIpc) is 2.75. The Labute approximate surface area is 139 Å². The second-order valence-corrected chi connectivity index (χ2v) is 8.37. The Morgan fingerprint density at radius 1 is 1.35 bits per heavy atom. The zero-order valence-electron chi connectivity index (χ0n) is 14.5. The van der Waals surface area contributed by atoms with E-state index in [4.69, 9.17) is 4.74 Å². The molecule has 3 aliphatic rings. The highest BCUT2D eigenvalue weighted by atomic mass is 16.6. The normalized spacial score (nSPS) is 40.0. The molecule has 2 fully saturated rings. The van der Waals surface area contributed by atoms with E-state index in [-0.39, 0.29) is 5.41 Å². The number of hydrogen-bond acceptors (Lipinski definition) is 3. The van der Waals surface area contributed by atoms with Crippen molar-refractivity contribution in [3.05, 3.63) is 36.0 Å². The molecule has 1 N–H and O–H groups in total. The number of allylic oxidation sites excluding steroid dienone is 2. The Bertz CT molecular complexity index is 584. The van der Waals surface area contributed by atoms with Gasteiger partial charge in [0.05, 0.1) is 0 Å². The van der Waals surface area contributed by atoms with E-state index in [9.17, 15) is 9.90 Å². The van der Waals surface area contributed by atoms with Gasteiger partial charge in [-0.2, -0.15) is 0 Å². The van der Waals surface area contributed by atoms with Crippen LogP contribution in [0.4, 0.5) is 0 Å². The van der Waals surface area contributed by atoms with Crippen LogP contribution in [-0.2, 0) is 9.53 Å². The minimum absolute atomic E-state index is 0.211. The van der Waals surface area contributed by atoms with Gasteiger partial charge in [0.15, 0.2) is 0 Å². The van der Waals surface area contributed by atoms with Crippen molar-refractivity contribution in [3.63, 3.8) is 0 Å². The summed E-state index contributed by atoms with van der Waals surface area (Å²) in [5.74, 6) is 0.511. The number of carbonyl (C=O) groups is 1. The van der Waals surface area contributed by atoms with Crippen molar-refractivity contribution in [3.8, 4) is 0 Å². The molecule has 1 unspecified atom stereocenters. The summed E-state index contributed by atoms with van der Waals surface area (Å²) < 4.78 is 4.76. The van der Waals surface area contributed by atoms with Crippen LogP contribution in [0.1, 0.15) is 52.9 Å². The van der Waals surface area contributed by atoms with Gasteiger partial charge in [0.25, 0.3) is 0 Å². The van der Waals surface area contributed by atoms with Gasteiger partial charge in [0.1, 0.15) is 0 Å². The van der Waals surface area contributed by atoms with Gasteiger partial charge in [-0.1, -0.05) is 51.5 Å². The quantitative estimate of drug-likeness (QED) is 0.615. The maximum Gasteiger partial charge on any atom is 0.333 e. The van der Waals surface area contributed by atoms with Crippen LogP contribution in [0, 0.1) is 22.7 Å². The number of rotatable bonds is 2. The zero-order valence-corrected chi connectivity index (χ0v) is 14.5. The minimum Gasteiger partial charge on any atom is -0.428 e. The molecule has 0 radical (unpaired) electrons. The molecule has 3 rings (SSSR count). The highest BCUT2D eigenvalue weighted by Crippen LogP contribution is 2.61. The van der Waals surface area contributed by atoms with Crippen LogP contribution in [-0.4, -0.2) is 17.4 Å². The van der Waals surface area contributed by atoms with Crippen LogP contribution in [0.5, 0.6) is 0 Å². The standard InChI is InChI=1S/C20H28O3/c1-13-6-9-16-19(2,3)10-5-11-20(16,4)15(13)8-7-14-12-17(21)23-18(14)22/h7-8,12,15-16,18,22H,1,5-6,9-11H2,2-4H3/t15-,16-,18?,20+/m0/s1. The lowest BCUT2D eigenvalue weighted by Crippen LogP contribution is -2.48. The maximum atomic E-state index is 11.2. The summed E-state index contributed by atoms with van der Waals surface area (Å²) in [6, 6.07) is 0. The van der Waals surface area contributed by atoms with Crippen LogP contribution in [0.3, 0.4) is 0 Å². The first-order chi connectivity index (χ1) is 10.7. The number of esters is 1. The molecule has 4 atom stereocenters. The van der Waals surface area contributed by atoms with Crippen molar-refractivity contribution < 1.29 is 14.6 Å². The van der Waals surface area contributed by atoms with Crippen molar-refractivity contribution in [1.82, 2.24) is 0 Å². The Hall–Kier alpha value is -1.35. The highest BCUT2D eigenvalue weighted by Gasteiger charge is 2.52. The van der Waals surface area contributed by atoms with Crippen molar-refractivity contribution in [2.24, 2.45) is 22.7 Å². The van der Waals surface area contributed by atoms with Crippen molar-refractivity contribution in [2.75, 3.05) is 0 Å². The largest absolute Gasteiger partial charge is 0.428 e. The van der Waals surface area contributed by atoms with Crippen LogP contribution in [0.25, 0.3) is 0 Å². The molecule has 0 spiro atoms. The molecule has 0 aromatic heterocycles. The summed E-state index contributed by atoms with van der Waals surface area (Å²) in [5.41, 5.74) is 2.40. The van der Waals surface area contributed by atoms with Gasteiger partial charge in [0, 0.05) is 17.6 Å². The van der Waals surface area contributed by atoms with Gasteiger partial charge in [-0.15, -0.1) is 0 Å². The third-order valence-electron chi connectivity index (χ3n) is 6.46. The number of aliphatic hydroxyl groups is 1. The van der Waals surface area contributed by atoms with E-state index >= 15 is 0 Å². The first kappa shape index (κ1) is 16.5. The first-order valence-electron chi connectivity index (χ1n) is 8.70. The summed E-state index contributed by atoms with van der Waals surface area (Å²) in [5, 5.41) is 9.75. The van der Waals surface area contributed by atoms with Crippen molar-refractivity contribution >= 4 is 5.97 Å². The Balaban J connectivity index is 1.89. The number of cyclic esters (lactones) is 1. The van der Waals surface area contributed by atoms with E-state index in [1.807, 2.05) is 6.08 Å². The van der Waals surface area contributed by atoms with E-state index in [0.29, 0.717) is 22.8 Å². The highest BCUT2D eigenvalue weighted by molar-refractivity contribution is 5.86. The zero-order chi connectivity index (χ0) is 16.8. The van der Waals surface area contributed by atoms with Crippen molar-refractivity contribution in [2.45, 2.75) is 59.2 Å². The molecule has 2 saturated carbocycles. The van der Waals surface area contributed by atoms with E-state index in [0.717, 1.165) is 6.42 Å². The lowest BCUT2D eigenvalue weighted by molar-refractivity contribution is -0.150. The van der Waals surface area contributed by atoms with Crippen LogP contribution >= 0.6 is 0 Å². The second-order valence-electron chi connectivity index (χ2n) is 8.37. The predicted octanol–water partition coefficient (Wildman–Crippen LogP) is 4.14. The van der Waals surface area contributed by atoms with Crippen molar-refractivity contribution in [1.29, 1.82) is 0 Å². The van der Waals surface area contributed by atoms with E-state index in [1.54, 1.807) is 0 Å². The number of hydrogen-bond donors (Lipinski definition) is 1. The lowest BCUT2D eigenvalue weighted by Gasteiger charge is -2.57. The van der Waals surface area contributed by atoms with E-state index < -0.39 is 12.3 Å². The lowest BCUT2D eigenvalue weighted by atomic mass is 9.47. The molecular formula is C20H28O3. The van der Waals surface area contributed by atoms with Gasteiger partial charge >= 0.3 is 5.97 Å². The third kappa shape index (κ3) is 2.80. The van der Waals surface area contributed by atoms with Crippen LogP contribution in [0.15, 0.2) is 36.0 Å². The number of carbonyl (C=O) groups excluding carboxylic acids is 1. The summed E-state index contributed by atoms with van der Waals surface area (Å²) >= 11 is 0. The SMILES string of the molecule is C=C1CC[C@H]2C(C)(C)CCC[C@]2(C)[C@H]1C=CC1=CC(=O)OC1O. The molecule has 2 aliphatic carbocycles. The predicted molar refractivity (Wildman–Crippen MR) is 90.4 cm³/mol. The van der Waals surface area contributed by atoms with Crippen LogP contribution < -0.4 is 0 Å². The number of fused-ring (bicyclic) bond motifs is 1. The summed E-state index contributed by atoms with van der Waals surface area (Å²) in [6.45, 7) is 11.5. The van der Waals surface area contributed by atoms with E-state index in [2.05, 4.69) is 33.4 Å². The van der Waals surface area contributed by atoms with Gasteiger partial charge in [-0.3, -0.25) is 0 Å². The minimum atomic E-state index is -1.12. The van der Waals surface area contributed by atoms with Gasteiger partial charge in [-0.05, 0) is 42.4 Å². The summed E-state index contributed by atoms with van der Waals surface area (Å²) in [4.78, 5) is 11.2. The Morgan fingerprint density at radius 2 is 2.09 bits per heavy atom. The molecule has 126 valence electrons. The molecule has 1 heterocycles. The second kappa shape index (κ2) is 5.62. The molecule has 0 aromatic carbocycles. The first-order valence-corrected chi connectivity index (χ1v) is 8.70.